The Morgan fingerprint density at radius 1 is 1.22 bits per heavy atom. The number of rotatable bonds is 6. The second kappa shape index (κ2) is 8.09. The molecule has 0 fully saturated rings. The summed E-state index contributed by atoms with van der Waals surface area (Å²) in [7, 11) is 0. The second-order valence-electron chi connectivity index (χ2n) is 7.22. The van der Waals surface area contributed by atoms with E-state index in [4.69, 9.17) is 9.47 Å². The first-order valence-electron chi connectivity index (χ1n) is 9.35. The van der Waals surface area contributed by atoms with Crippen LogP contribution in [0, 0.1) is 5.82 Å². The first kappa shape index (κ1) is 19.4. The zero-order chi connectivity index (χ0) is 19.4. The lowest BCUT2D eigenvalue weighted by Crippen LogP contribution is -2.32. The zero-order valence-electron chi connectivity index (χ0n) is 16.1. The molecule has 27 heavy (non-hydrogen) atoms. The first-order valence-corrected chi connectivity index (χ1v) is 9.35. The van der Waals surface area contributed by atoms with E-state index in [2.05, 4.69) is 5.32 Å². The molecule has 5 heteroatoms. The number of carbonyl (C=O) groups is 1. The summed E-state index contributed by atoms with van der Waals surface area (Å²) in [5, 5.41) is 3.31. The molecular formula is C22H26FNO3. The minimum Gasteiger partial charge on any atom is -0.483 e. The van der Waals surface area contributed by atoms with Crippen molar-refractivity contribution in [3.8, 4) is 5.75 Å². The Hall–Kier alpha value is -2.40. The number of nitrogens with one attached hydrogen (secondary N) is 1. The molecule has 1 N–H and O–H groups in total. The van der Waals surface area contributed by atoms with Gasteiger partial charge in [-0.2, -0.15) is 0 Å². The maximum Gasteiger partial charge on any atom is 0.310 e. The van der Waals surface area contributed by atoms with Gasteiger partial charge in [-0.25, -0.2) is 4.39 Å². The van der Waals surface area contributed by atoms with Crippen LogP contribution in [0.3, 0.4) is 0 Å². The quantitative estimate of drug-likeness (QED) is 0.783. The number of benzene rings is 2. The van der Waals surface area contributed by atoms with Gasteiger partial charge in [0, 0.05) is 6.54 Å². The van der Waals surface area contributed by atoms with Crippen molar-refractivity contribution in [2.45, 2.75) is 45.8 Å². The standard InChI is InChI=1S/C22H26FNO3/c1-4-26-21(25)13-15-6-5-7-16(12-15)27-22(2,3)19-8-9-20(23)17-10-11-24-14-18(17)19/h5-9,12,24H,4,10-11,13-14H2,1-3H3. The van der Waals surface area contributed by atoms with E-state index in [-0.39, 0.29) is 18.2 Å². The van der Waals surface area contributed by atoms with Crippen molar-refractivity contribution in [2.75, 3.05) is 13.2 Å². The van der Waals surface area contributed by atoms with Gasteiger partial charge < -0.3 is 14.8 Å². The van der Waals surface area contributed by atoms with Crippen molar-refractivity contribution in [1.82, 2.24) is 5.32 Å². The smallest absolute Gasteiger partial charge is 0.310 e. The van der Waals surface area contributed by atoms with Crippen LogP contribution in [0.1, 0.15) is 43.0 Å². The minimum atomic E-state index is -0.640. The molecule has 1 aliphatic rings. The normalized spacial score (nSPS) is 13.8. The molecule has 0 aromatic heterocycles. The summed E-state index contributed by atoms with van der Waals surface area (Å²) in [5.74, 6) is 0.263. The number of ether oxygens (including phenoxy) is 2. The van der Waals surface area contributed by atoms with Crippen molar-refractivity contribution in [3.63, 3.8) is 0 Å². The fourth-order valence-electron chi connectivity index (χ4n) is 3.57. The summed E-state index contributed by atoms with van der Waals surface area (Å²) in [6, 6.07) is 10.8. The Morgan fingerprint density at radius 3 is 2.81 bits per heavy atom. The van der Waals surface area contributed by atoms with Crippen molar-refractivity contribution >= 4 is 5.97 Å². The van der Waals surface area contributed by atoms with Crippen molar-refractivity contribution in [3.05, 3.63) is 64.5 Å². The van der Waals surface area contributed by atoms with Gasteiger partial charge in [0.15, 0.2) is 0 Å². The predicted octanol–water partition coefficient (Wildman–Crippen LogP) is 3.89. The Kier molecular flexibility index (Phi) is 5.80. The largest absolute Gasteiger partial charge is 0.483 e. The Morgan fingerprint density at radius 2 is 2.04 bits per heavy atom. The molecule has 144 valence electrons. The average Bonchev–Trinajstić information content (AvgIpc) is 2.62. The lowest BCUT2D eigenvalue weighted by molar-refractivity contribution is -0.142. The van der Waals surface area contributed by atoms with E-state index in [0.717, 1.165) is 28.8 Å². The van der Waals surface area contributed by atoms with Gasteiger partial charge in [-0.3, -0.25) is 4.79 Å². The van der Waals surface area contributed by atoms with E-state index in [1.54, 1.807) is 6.92 Å². The molecule has 0 saturated heterocycles. The van der Waals surface area contributed by atoms with Crippen molar-refractivity contribution < 1.29 is 18.7 Å². The first-order chi connectivity index (χ1) is 12.9. The molecule has 2 aromatic rings. The molecule has 0 amide bonds. The number of hydrogen-bond donors (Lipinski definition) is 1. The van der Waals surface area contributed by atoms with E-state index in [1.807, 2.05) is 44.2 Å². The van der Waals surface area contributed by atoms with Gasteiger partial charge in [0.2, 0.25) is 0 Å². The highest BCUT2D eigenvalue weighted by atomic mass is 19.1. The average molecular weight is 371 g/mol. The molecular weight excluding hydrogens is 345 g/mol. The Bertz CT molecular complexity index is 832. The van der Waals surface area contributed by atoms with E-state index >= 15 is 0 Å². The third-order valence-corrected chi connectivity index (χ3v) is 4.80. The van der Waals surface area contributed by atoms with Crippen LogP contribution < -0.4 is 10.1 Å². The lowest BCUT2D eigenvalue weighted by atomic mass is 9.87. The fourth-order valence-corrected chi connectivity index (χ4v) is 3.57. The molecule has 0 unspecified atom stereocenters. The molecule has 2 aromatic carbocycles. The Balaban J connectivity index is 1.84. The topological polar surface area (TPSA) is 47.6 Å². The molecule has 0 atom stereocenters. The summed E-state index contributed by atoms with van der Waals surface area (Å²) in [6.45, 7) is 7.53. The summed E-state index contributed by atoms with van der Waals surface area (Å²) < 4.78 is 25.5. The highest BCUT2D eigenvalue weighted by Gasteiger charge is 2.29. The monoisotopic (exact) mass is 371 g/mol. The van der Waals surface area contributed by atoms with Crippen LogP contribution in [0.25, 0.3) is 0 Å². The third-order valence-electron chi connectivity index (χ3n) is 4.80. The van der Waals surface area contributed by atoms with Gasteiger partial charge in [0.25, 0.3) is 0 Å². The Labute approximate surface area is 159 Å². The number of esters is 1. The molecule has 0 bridgehead atoms. The fraction of sp³-hybridized carbons (Fsp3) is 0.409. The van der Waals surface area contributed by atoms with Crippen molar-refractivity contribution in [2.24, 2.45) is 0 Å². The predicted molar refractivity (Wildman–Crippen MR) is 102 cm³/mol. The minimum absolute atomic E-state index is 0.150. The van der Waals surface area contributed by atoms with Gasteiger partial charge >= 0.3 is 5.97 Å². The molecule has 0 aliphatic carbocycles. The summed E-state index contributed by atoms with van der Waals surface area (Å²) in [5.41, 5.74) is 2.93. The van der Waals surface area contributed by atoms with Crippen LogP contribution in [0.15, 0.2) is 36.4 Å². The van der Waals surface area contributed by atoms with Crippen molar-refractivity contribution in [1.29, 1.82) is 0 Å². The van der Waals surface area contributed by atoms with E-state index in [9.17, 15) is 9.18 Å². The lowest BCUT2D eigenvalue weighted by Gasteiger charge is -2.32. The van der Waals surface area contributed by atoms with Crippen LogP contribution in [0.5, 0.6) is 5.75 Å². The SMILES string of the molecule is CCOC(=O)Cc1cccc(OC(C)(C)c2ccc(F)c3c2CNCC3)c1. The van der Waals surface area contributed by atoms with Gasteiger partial charge in [0.05, 0.1) is 13.0 Å². The van der Waals surface area contributed by atoms with Gasteiger partial charge in [-0.05, 0) is 74.2 Å². The van der Waals surface area contributed by atoms with Gasteiger partial charge in [-0.1, -0.05) is 18.2 Å². The molecule has 1 aliphatic heterocycles. The summed E-state index contributed by atoms with van der Waals surface area (Å²) in [6.07, 6.45) is 0.890. The second-order valence-corrected chi connectivity index (χ2v) is 7.22. The number of carbonyl (C=O) groups excluding carboxylic acids is 1. The van der Waals surface area contributed by atoms with Crippen LogP contribution in [0.4, 0.5) is 4.39 Å². The number of fused-ring (bicyclic) bond motifs is 1. The van der Waals surface area contributed by atoms with Crippen LogP contribution in [-0.4, -0.2) is 19.1 Å². The third kappa shape index (κ3) is 4.48. The highest BCUT2D eigenvalue weighted by molar-refractivity contribution is 5.72. The summed E-state index contributed by atoms with van der Waals surface area (Å²) >= 11 is 0. The van der Waals surface area contributed by atoms with Gasteiger partial charge in [-0.15, -0.1) is 0 Å². The molecule has 0 radical (unpaired) electrons. The van der Waals surface area contributed by atoms with E-state index in [0.29, 0.717) is 25.3 Å². The number of hydrogen-bond acceptors (Lipinski definition) is 4. The van der Waals surface area contributed by atoms with Gasteiger partial charge in [0.1, 0.15) is 17.2 Å². The van der Waals surface area contributed by atoms with E-state index < -0.39 is 5.60 Å². The molecule has 0 spiro atoms. The zero-order valence-corrected chi connectivity index (χ0v) is 16.1. The van der Waals surface area contributed by atoms with E-state index in [1.165, 1.54) is 6.07 Å². The van der Waals surface area contributed by atoms with Crippen LogP contribution in [0.2, 0.25) is 0 Å². The van der Waals surface area contributed by atoms with Crippen LogP contribution >= 0.6 is 0 Å². The molecule has 4 nitrogen and oxygen atoms in total. The summed E-state index contributed by atoms with van der Waals surface area (Å²) in [4.78, 5) is 11.7. The molecule has 3 rings (SSSR count). The highest BCUT2D eigenvalue weighted by Crippen LogP contribution is 2.34. The molecule has 0 saturated carbocycles. The molecule has 1 heterocycles. The number of halogens is 1. The maximum atomic E-state index is 14.2. The van der Waals surface area contributed by atoms with Crippen LogP contribution in [-0.2, 0) is 34.5 Å². The maximum absolute atomic E-state index is 14.2.